The molecule has 19 heteroatoms. The predicted octanol–water partition coefficient (Wildman–Crippen LogP) is 23.6. The number of aliphatic hydroxyl groups excluding tert-OH is 1. The molecule has 0 spiro atoms. The fraction of sp³-hybridized carbons (Fsp3) is 0.900. The normalized spacial score (nSPS) is 14.0. The SMILES string of the molecule is CCCCCC/C=C\C=C/CCCCCCCC(=O)O[C@H](COC(=O)CCCCCCC)COP(=O)(O)OC[C@H](O)COP(=O)(O)OC[C@@H](COC(=O)CCCCCCCCCCCCCCCCCCCC)OC(=O)CCCCCCCCCCCCCCCCCCCCC(C)C. The van der Waals surface area contributed by atoms with Gasteiger partial charge in [0.2, 0.25) is 0 Å². The van der Waals surface area contributed by atoms with E-state index in [4.69, 9.17) is 37.0 Å². The van der Waals surface area contributed by atoms with Crippen molar-refractivity contribution >= 4 is 39.5 Å². The first-order chi connectivity index (χ1) is 48.0. The molecular formula is C80H152O17P2. The Labute approximate surface area is 605 Å². The van der Waals surface area contributed by atoms with Crippen LogP contribution in [0.3, 0.4) is 0 Å². The van der Waals surface area contributed by atoms with Gasteiger partial charge in [-0.3, -0.25) is 37.3 Å². The summed E-state index contributed by atoms with van der Waals surface area (Å²) in [6.07, 6.45) is 66.5. The van der Waals surface area contributed by atoms with Crippen LogP contribution in [0, 0.1) is 5.92 Å². The summed E-state index contributed by atoms with van der Waals surface area (Å²) in [7, 11) is -9.92. The number of aliphatic hydroxyl groups is 1. The van der Waals surface area contributed by atoms with Gasteiger partial charge in [0.1, 0.15) is 19.3 Å². The third kappa shape index (κ3) is 73.6. The fourth-order valence-electron chi connectivity index (χ4n) is 11.9. The van der Waals surface area contributed by atoms with Gasteiger partial charge in [0.05, 0.1) is 26.4 Å². The summed E-state index contributed by atoms with van der Waals surface area (Å²) < 4.78 is 68.4. The van der Waals surface area contributed by atoms with E-state index < -0.39 is 97.5 Å². The zero-order chi connectivity index (χ0) is 72.7. The Hall–Kier alpha value is -2.46. The van der Waals surface area contributed by atoms with Crippen molar-refractivity contribution in [1.29, 1.82) is 0 Å². The average molecular weight is 1450 g/mol. The molecule has 0 aromatic rings. The van der Waals surface area contributed by atoms with Gasteiger partial charge in [0.25, 0.3) is 0 Å². The number of hydrogen-bond acceptors (Lipinski definition) is 15. The van der Waals surface area contributed by atoms with Gasteiger partial charge in [-0.1, -0.05) is 348 Å². The van der Waals surface area contributed by atoms with Crippen LogP contribution in [0.25, 0.3) is 0 Å². The molecule has 0 aliphatic heterocycles. The molecule has 0 aromatic carbocycles. The number of allylic oxidation sites excluding steroid dienone is 4. The van der Waals surface area contributed by atoms with E-state index in [9.17, 15) is 43.2 Å². The molecule has 0 aromatic heterocycles. The van der Waals surface area contributed by atoms with Crippen LogP contribution in [0.15, 0.2) is 24.3 Å². The smallest absolute Gasteiger partial charge is 0.462 e. The predicted molar refractivity (Wildman–Crippen MR) is 404 cm³/mol. The van der Waals surface area contributed by atoms with Gasteiger partial charge in [-0.25, -0.2) is 9.13 Å². The Morgan fingerprint density at radius 2 is 0.545 bits per heavy atom. The minimum atomic E-state index is -4.96. The maximum atomic E-state index is 13.1. The fourth-order valence-corrected chi connectivity index (χ4v) is 13.4. The molecule has 0 radical (unpaired) electrons. The summed E-state index contributed by atoms with van der Waals surface area (Å²) >= 11 is 0. The molecular weight excluding hydrogens is 1290 g/mol. The Kier molecular flexibility index (Phi) is 70.7. The lowest BCUT2D eigenvalue weighted by atomic mass is 10.0. The second-order valence-electron chi connectivity index (χ2n) is 28.6. The maximum absolute atomic E-state index is 13.1. The van der Waals surface area contributed by atoms with Gasteiger partial charge >= 0.3 is 39.5 Å². The summed E-state index contributed by atoms with van der Waals surface area (Å²) in [5, 5.41) is 10.6. The van der Waals surface area contributed by atoms with Crippen molar-refractivity contribution in [2.75, 3.05) is 39.6 Å². The molecule has 0 fully saturated rings. The Bertz CT molecular complexity index is 1990. The van der Waals surface area contributed by atoms with E-state index in [1.165, 1.54) is 205 Å². The molecule has 0 amide bonds. The number of hydrogen-bond donors (Lipinski definition) is 3. The first-order valence-electron chi connectivity index (χ1n) is 41.0. The molecule has 17 nitrogen and oxygen atoms in total. The number of carbonyl (C=O) groups is 4. The molecule has 2 unspecified atom stereocenters. The van der Waals surface area contributed by atoms with Crippen LogP contribution in [-0.2, 0) is 65.4 Å². The van der Waals surface area contributed by atoms with Crippen molar-refractivity contribution in [3.63, 3.8) is 0 Å². The van der Waals surface area contributed by atoms with Crippen LogP contribution in [0.2, 0.25) is 0 Å². The minimum Gasteiger partial charge on any atom is -0.462 e. The Morgan fingerprint density at radius 1 is 0.313 bits per heavy atom. The molecule has 0 saturated carbocycles. The van der Waals surface area contributed by atoms with E-state index in [1.807, 2.05) is 0 Å². The van der Waals surface area contributed by atoms with E-state index in [0.717, 1.165) is 115 Å². The van der Waals surface area contributed by atoms with E-state index >= 15 is 0 Å². The topological polar surface area (TPSA) is 237 Å². The van der Waals surface area contributed by atoms with Crippen molar-refractivity contribution in [3.8, 4) is 0 Å². The van der Waals surface area contributed by atoms with Crippen molar-refractivity contribution in [3.05, 3.63) is 24.3 Å². The number of esters is 4. The van der Waals surface area contributed by atoms with Crippen LogP contribution in [0.4, 0.5) is 0 Å². The van der Waals surface area contributed by atoms with Gasteiger partial charge < -0.3 is 33.8 Å². The number of carbonyl (C=O) groups excluding carboxylic acids is 4. The number of rotatable bonds is 78. The van der Waals surface area contributed by atoms with Gasteiger partial charge in [0, 0.05) is 25.7 Å². The molecule has 5 atom stereocenters. The molecule has 3 N–H and O–H groups in total. The van der Waals surface area contributed by atoms with Crippen molar-refractivity contribution in [1.82, 2.24) is 0 Å². The minimum absolute atomic E-state index is 0.0845. The second-order valence-corrected chi connectivity index (χ2v) is 31.5. The maximum Gasteiger partial charge on any atom is 0.472 e. The average Bonchev–Trinajstić information content (AvgIpc) is 1.05. The quantitative estimate of drug-likeness (QED) is 0.0169. The molecule has 0 bridgehead atoms. The lowest BCUT2D eigenvalue weighted by Gasteiger charge is -2.21. The molecule has 99 heavy (non-hydrogen) atoms. The largest absolute Gasteiger partial charge is 0.472 e. The van der Waals surface area contributed by atoms with E-state index in [0.29, 0.717) is 25.7 Å². The van der Waals surface area contributed by atoms with E-state index in [-0.39, 0.29) is 25.7 Å². The molecule has 0 saturated heterocycles. The van der Waals surface area contributed by atoms with E-state index in [1.54, 1.807) is 0 Å². The van der Waals surface area contributed by atoms with E-state index in [2.05, 4.69) is 58.9 Å². The standard InChI is InChI=1S/C80H152O17P2/c1-6-9-12-15-17-19-21-23-25-26-30-34-37-41-45-49-54-59-64-78(83)91-70-76(97-80(85)66-61-56-51-47-43-39-35-31-28-27-29-33-36-40-44-48-53-57-62-73(4)5)72-95-99(88,89)93-68-74(81)67-92-98(86,87)94-71-75(69-90-77(82)63-58-52-14-11-8-3)96-79(84)65-60-55-50-46-42-38-32-24-22-20-18-16-13-10-7-2/h20,22,24,32,73-76,81H,6-19,21,23,25-31,33-72H2,1-5H3,(H,86,87)(H,88,89)/b22-20-,32-24-/t74-,75+,76+/m0/s1. The van der Waals surface area contributed by atoms with Gasteiger partial charge in [-0.05, 0) is 57.3 Å². The third-order valence-electron chi connectivity index (χ3n) is 18.2. The van der Waals surface area contributed by atoms with Crippen LogP contribution >= 0.6 is 15.6 Å². The van der Waals surface area contributed by atoms with Gasteiger partial charge in [-0.2, -0.15) is 0 Å². The highest BCUT2D eigenvalue weighted by Crippen LogP contribution is 2.45. The Balaban J connectivity index is 5.15. The molecule has 0 aliphatic carbocycles. The number of phosphoric ester groups is 2. The first-order valence-corrected chi connectivity index (χ1v) is 43.9. The number of phosphoric acid groups is 2. The summed E-state index contributed by atoms with van der Waals surface area (Å²) in [5.41, 5.74) is 0. The molecule has 584 valence electrons. The van der Waals surface area contributed by atoms with Crippen LogP contribution < -0.4 is 0 Å². The van der Waals surface area contributed by atoms with Crippen molar-refractivity contribution in [2.45, 2.75) is 419 Å². The number of ether oxygens (including phenoxy) is 4. The third-order valence-corrected chi connectivity index (χ3v) is 20.1. The first kappa shape index (κ1) is 96.5. The summed E-state index contributed by atoms with van der Waals surface area (Å²) in [6, 6.07) is 0. The highest BCUT2D eigenvalue weighted by molar-refractivity contribution is 7.47. The van der Waals surface area contributed by atoms with Crippen molar-refractivity contribution in [2.24, 2.45) is 5.92 Å². The summed E-state index contributed by atoms with van der Waals surface area (Å²) in [5.74, 6) is -1.33. The lowest BCUT2D eigenvalue weighted by molar-refractivity contribution is -0.161. The highest BCUT2D eigenvalue weighted by atomic mass is 31.2. The zero-order valence-corrected chi connectivity index (χ0v) is 65.9. The summed E-state index contributed by atoms with van der Waals surface area (Å²) in [4.78, 5) is 72.6. The summed E-state index contributed by atoms with van der Waals surface area (Å²) in [6.45, 7) is 7.20. The van der Waals surface area contributed by atoms with Crippen LogP contribution in [0.5, 0.6) is 0 Å². The lowest BCUT2D eigenvalue weighted by Crippen LogP contribution is -2.30. The van der Waals surface area contributed by atoms with Crippen LogP contribution in [0.1, 0.15) is 401 Å². The highest BCUT2D eigenvalue weighted by Gasteiger charge is 2.30. The van der Waals surface area contributed by atoms with Crippen molar-refractivity contribution < 1.29 is 80.2 Å². The van der Waals surface area contributed by atoms with Gasteiger partial charge in [0.15, 0.2) is 12.2 Å². The van der Waals surface area contributed by atoms with Gasteiger partial charge in [-0.15, -0.1) is 0 Å². The monoisotopic (exact) mass is 1450 g/mol. The molecule has 0 heterocycles. The zero-order valence-electron chi connectivity index (χ0n) is 64.1. The Morgan fingerprint density at radius 3 is 0.828 bits per heavy atom. The second kappa shape index (κ2) is 72.5. The van der Waals surface area contributed by atoms with Crippen LogP contribution in [-0.4, -0.2) is 96.7 Å². The number of unbranched alkanes of at least 4 members (excludes halogenated alkanes) is 47. The molecule has 0 aliphatic rings. The molecule has 0 rings (SSSR count).